The smallest absolute Gasteiger partial charge is 0.246 e. The number of rotatable bonds is 3. The Bertz CT molecular complexity index is 3110. The molecule has 11 aromatic rings. The zero-order valence-electron chi connectivity index (χ0n) is 26.8. The molecule has 0 atom stereocenters. The van der Waals surface area contributed by atoms with Crippen LogP contribution in [0.5, 0.6) is 0 Å². The van der Waals surface area contributed by atoms with Gasteiger partial charge in [-0.15, -0.1) is 0 Å². The summed E-state index contributed by atoms with van der Waals surface area (Å²) in [5, 5.41) is 8.00. The van der Waals surface area contributed by atoms with Gasteiger partial charge in [0.05, 0.1) is 16.6 Å². The second-order valence-corrected chi connectivity index (χ2v) is 13.0. The van der Waals surface area contributed by atoms with Gasteiger partial charge in [0.2, 0.25) is 5.71 Å². The van der Waals surface area contributed by atoms with Gasteiger partial charge in [0, 0.05) is 32.6 Å². The summed E-state index contributed by atoms with van der Waals surface area (Å²) in [5.74, 6) is 0. The predicted octanol–water partition coefficient (Wildman–Crippen LogP) is 12.3. The van der Waals surface area contributed by atoms with E-state index in [1.807, 2.05) is 6.07 Å². The molecule has 0 saturated heterocycles. The summed E-state index contributed by atoms with van der Waals surface area (Å²) < 4.78 is 8.71. The first-order valence-corrected chi connectivity index (χ1v) is 16.9. The van der Waals surface area contributed by atoms with Crippen molar-refractivity contribution in [1.29, 1.82) is 0 Å². The van der Waals surface area contributed by atoms with Crippen LogP contribution in [0.4, 0.5) is 0 Å². The van der Waals surface area contributed by atoms with E-state index in [-0.39, 0.29) is 0 Å². The van der Waals surface area contributed by atoms with Crippen LogP contribution in [0, 0.1) is 0 Å². The Morgan fingerprint density at radius 2 is 0.880 bits per heavy atom. The van der Waals surface area contributed by atoms with E-state index in [4.69, 9.17) is 14.4 Å². The molecular formula is C46H27N3O. The molecule has 0 fully saturated rings. The minimum Gasteiger partial charge on any atom is -0.436 e. The van der Waals surface area contributed by atoms with Gasteiger partial charge >= 0.3 is 0 Å². The average molecular weight is 638 g/mol. The summed E-state index contributed by atoms with van der Waals surface area (Å²) in [6.45, 7) is 0. The summed E-state index contributed by atoms with van der Waals surface area (Å²) in [4.78, 5) is 10.3. The van der Waals surface area contributed by atoms with Crippen LogP contribution in [-0.2, 0) is 0 Å². The molecule has 0 bridgehead atoms. The number of hydrogen-bond acceptors (Lipinski definition) is 3. The van der Waals surface area contributed by atoms with Crippen molar-refractivity contribution in [1.82, 2.24) is 14.5 Å². The molecule has 0 aliphatic rings. The van der Waals surface area contributed by atoms with Crippen molar-refractivity contribution in [2.24, 2.45) is 0 Å². The van der Waals surface area contributed by atoms with E-state index in [9.17, 15) is 0 Å². The van der Waals surface area contributed by atoms with Gasteiger partial charge in [0.15, 0.2) is 0 Å². The van der Waals surface area contributed by atoms with E-state index in [1.54, 1.807) is 0 Å². The fourth-order valence-electron chi connectivity index (χ4n) is 7.88. The highest BCUT2D eigenvalue weighted by Gasteiger charge is 2.17. The first-order valence-electron chi connectivity index (χ1n) is 16.9. The second-order valence-electron chi connectivity index (χ2n) is 13.0. The molecule has 0 N–H and O–H groups in total. The van der Waals surface area contributed by atoms with Crippen molar-refractivity contribution < 1.29 is 4.42 Å². The van der Waals surface area contributed by atoms with Gasteiger partial charge in [-0.25, -0.2) is 9.97 Å². The third kappa shape index (κ3) is 3.93. The van der Waals surface area contributed by atoms with Gasteiger partial charge < -0.3 is 8.98 Å². The largest absolute Gasteiger partial charge is 0.436 e. The Morgan fingerprint density at radius 1 is 0.360 bits per heavy atom. The van der Waals surface area contributed by atoms with Crippen molar-refractivity contribution in [3.63, 3.8) is 0 Å². The normalized spacial score (nSPS) is 12.0. The molecule has 3 aromatic heterocycles. The molecule has 0 spiro atoms. The van der Waals surface area contributed by atoms with E-state index in [0.717, 1.165) is 66.2 Å². The molecule has 11 rings (SSSR count). The SMILES string of the molecule is c1cc(-c2cccc(-n3c4ccccc4c4ccccc43)c2)cc(-c2ccc3oc4nc5c6ccccc6c6ccccc6c5nc4c3c2)c1. The number of benzene rings is 8. The topological polar surface area (TPSA) is 43.9 Å². The van der Waals surface area contributed by atoms with Gasteiger partial charge in [0.1, 0.15) is 16.6 Å². The molecule has 0 radical (unpaired) electrons. The third-order valence-electron chi connectivity index (χ3n) is 10.2. The standard InChI is InChI=1S/C46H27N3O/c1-3-19-37-33(15-1)34-16-2-4-20-38(34)44-43(37)47-45-39-27-31(23-24-42(39)50-46(45)48-44)29-12-9-11-28(25-29)30-13-10-14-32(26-30)49-40-21-7-5-17-35(40)36-18-6-8-22-41(36)49/h1-27H. The second kappa shape index (κ2) is 10.4. The minimum absolute atomic E-state index is 0.556. The van der Waals surface area contributed by atoms with Crippen LogP contribution in [0.15, 0.2) is 168 Å². The van der Waals surface area contributed by atoms with Crippen LogP contribution in [0.3, 0.4) is 0 Å². The number of fused-ring (bicyclic) bond motifs is 12. The zero-order chi connectivity index (χ0) is 32.8. The molecule has 0 unspecified atom stereocenters. The number of para-hydroxylation sites is 2. The average Bonchev–Trinajstić information content (AvgIpc) is 3.72. The van der Waals surface area contributed by atoms with E-state index >= 15 is 0 Å². The summed E-state index contributed by atoms with van der Waals surface area (Å²) >= 11 is 0. The van der Waals surface area contributed by atoms with Crippen LogP contribution in [0.25, 0.3) is 105 Å². The van der Waals surface area contributed by atoms with Crippen LogP contribution in [-0.4, -0.2) is 14.5 Å². The van der Waals surface area contributed by atoms with Gasteiger partial charge in [-0.05, 0) is 75.5 Å². The highest BCUT2D eigenvalue weighted by molar-refractivity contribution is 6.24. The lowest BCUT2D eigenvalue weighted by Gasteiger charge is -2.11. The van der Waals surface area contributed by atoms with Crippen LogP contribution in [0.2, 0.25) is 0 Å². The highest BCUT2D eigenvalue weighted by Crippen LogP contribution is 2.38. The molecule has 50 heavy (non-hydrogen) atoms. The Morgan fingerprint density at radius 3 is 1.54 bits per heavy atom. The monoisotopic (exact) mass is 637 g/mol. The number of furan rings is 1. The van der Waals surface area contributed by atoms with E-state index < -0.39 is 0 Å². The van der Waals surface area contributed by atoms with Gasteiger partial charge in [-0.1, -0.05) is 121 Å². The Kier molecular flexibility index (Phi) is 5.63. The van der Waals surface area contributed by atoms with Gasteiger partial charge in [-0.2, -0.15) is 0 Å². The first-order chi connectivity index (χ1) is 24.8. The van der Waals surface area contributed by atoms with Crippen LogP contribution < -0.4 is 0 Å². The maximum absolute atomic E-state index is 6.34. The van der Waals surface area contributed by atoms with Crippen molar-refractivity contribution in [2.75, 3.05) is 0 Å². The lowest BCUT2D eigenvalue weighted by Crippen LogP contribution is -1.94. The van der Waals surface area contributed by atoms with Crippen LogP contribution in [0.1, 0.15) is 0 Å². The fourth-order valence-corrected chi connectivity index (χ4v) is 7.88. The quantitative estimate of drug-likeness (QED) is 0.181. The van der Waals surface area contributed by atoms with Crippen molar-refractivity contribution in [3.05, 3.63) is 164 Å². The lowest BCUT2D eigenvalue weighted by atomic mass is 9.98. The summed E-state index contributed by atoms with van der Waals surface area (Å²) in [6, 6.07) is 58.1. The lowest BCUT2D eigenvalue weighted by molar-refractivity contribution is 0.655. The molecule has 3 heterocycles. The van der Waals surface area contributed by atoms with E-state index in [2.05, 4.69) is 162 Å². The maximum atomic E-state index is 6.34. The Labute approximate surface area is 286 Å². The van der Waals surface area contributed by atoms with Crippen LogP contribution >= 0.6 is 0 Å². The van der Waals surface area contributed by atoms with Gasteiger partial charge in [-0.3, -0.25) is 0 Å². The maximum Gasteiger partial charge on any atom is 0.246 e. The molecule has 0 saturated carbocycles. The Hall–Kier alpha value is -6.78. The van der Waals surface area contributed by atoms with Crippen molar-refractivity contribution >= 4 is 76.6 Å². The molecule has 0 amide bonds. The Balaban J connectivity index is 1.05. The van der Waals surface area contributed by atoms with E-state index in [0.29, 0.717) is 5.71 Å². The summed E-state index contributed by atoms with van der Waals surface area (Å²) in [7, 11) is 0. The minimum atomic E-state index is 0.556. The molecular weight excluding hydrogens is 611 g/mol. The van der Waals surface area contributed by atoms with E-state index in [1.165, 1.54) is 32.6 Å². The summed E-state index contributed by atoms with van der Waals surface area (Å²) in [6.07, 6.45) is 0. The number of hydrogen-bond donors (Lipinski definition) is 0. The zero-order valence-corrected chi connectivity index (χ0v) is 26.8. The van der Waals surface area contributed by atoms with Gasteiger partial charge in [0.25, 0.3) is 0 Å². The third-order valence-corrected chi connectivity index (χ3v) is 10.2. The molecule has 0 aliphatic carbocycles. The number of nitrogens with zero attached hydrogens (tertiary/aromatic N) is 3. The molecule has 4 nitrogen and oxygen atoms in total. The van der Waals surface area contributed by atoms with Crippen molar-refractivity contribution in [3.8, 4) is 27.9 Å². The molecule has 8 aromatic carbocycles. The molecule has 4 heteroatoms. The predicted molar refractivity (Wildman–Crippen MR) is 207 cm³/mol. The fraction of sp³-hybridized carbons (Fsp3) is 0. The summed E-state index contributed by atoms with van der Waals surface area (Å²) in [5.41, 5.74) is 12.0. The highest BCUT2D eigenvalue weighted by atomic mass is 16.3. The first kappa shape index (κ1) is 27.2. The molecule has 232 valence electrons. The number of aromatic nitrogens is 3. The van der Waals surface area contributed by atoms with Crippen molar-refractivity contribution in [2.45, 2.75) is 0 Å². The molecule has 0 aliphatic heterocycles.